The number of likely N-dealkylation sites (tertiary alicyclic amines) is 1. The number of amides is 3. The number of likely N-dealkylation sites (N-methyl/N-ethyl adjacent to an activating group) is 1. The lowest BCUT2D eigenvalue weighted by Gasteiger charge is -2.42. The first-order valence-electron chi connectivity index (χ1n) is 30.9. The number of anilines is 1. The molecule has 3 amide bonds. The van der Waals surface area contributed by atoms with Crippen LogP contribution in [0, 0.1) is 24.0 Å². The number of aliphatic hydroxyl groups is 1. The molecule has 25 nitrogen and oxygen atoms in total. The van der Waals surface area contributed by atoms with Crippen molar-refractivity contribution in [3.05, 3.63) is 89.1 Å². The van der Waals surface area contributed by atoms with E-state index in [1.54, 1.807) is 47.4 Å². The smallest absolute Gasteiger partial charge is 0.410 e. The zero-order chi connectivity index (χ0) is 64.9. The van der Waals surface area contributed by atoms with Gasteiger partial charge in [-0.3, -0.25) is 19.6 Å². The summed E-state index contributed by atoms with van der Waals surface area (Å²) in [5.41, 5.74) is 1.73. The number of benzene rings is 3. The zero-order valence-electron chi connectivity index (χ0n) is 51.7. The zero-order valence-corrected chi connectivity index (χ0v) is 52.5. The van der Waals surface area contributed by atoms with Gasteiger partial charge < -0.3 is 73.0 Å². The van der Waals surface area contributed by atoms with E-state index in [9.17, 15) is 19.5 Å². The fraction of sp³-hybridized carbons (Fsp3) is 0.477. The summed E-state index contributed by atoms with van der Waals surface area (Å²) in [6.45, 7) is 8.91. The van der Waals surface area contributed by atoms with Gasteiger partial charge in [0.15, 0.2) is 17.6 Å². The highest BCUT2D eigenvalue weighted by Crippen LogP contribution is 2.40. The second kappa shape index (κ2) is 28.5. The highest BCUT2D eigenvalue weighted by Gasteiger charge is 2.49. The summed E-state index contributed by atoms with van der Waals surface area (Å²) >= 11 is 6.62. The van der Waals surface area contributed by atoms with Gasteiger partial charge in [0.1, 0.15) is 78.4 Å². The lowest BCUT2D eigenvalue weighted by Crippen LogP contribution is -2.57. The topological polar surface area (TPSA) is 278 Å². The molecule has 5 aliphatic heterocycles. The van der Waals surface area contributed by atoms with Gasteiger partial charge in [0, 0.05) is 61.4 Å². The van der Waals surface area contributed by atoms with Gasteiger partial charge >= 0.3 is 18.2 Å². The molecule has 9 heterocycles. The van der Waals surface area contributed by atoms with E-state index >= 15 is 8.78 Å². The van der Waals surface area contributed by atoms with Gasteiger partial charge in [-0.2, -0.15) is 15.0 Å². The van der Waals surface area contributed by atoms with E-state index in [0.717, 1.165) is 18.4 Å². The summed E-state index contributed by atoms with van der Waals surface area (Å²) in [6.07, 6.45) is 5.84. The van der Waals surface area contributed by atoms with Crippen LogP contribution in [0.3, 0.4) is 0 Å². The predicted molar refractivity (Wildman–Crippen MR) is 335 cm³/mol. The molecule has 28 heteroatoms. The summed E-state index contributed by atoms with van der Waals surface area (Å²) in [5.74, 6) is 1.70. The quantitative estimate of drug-likeness (QED) is 0.0366. The number of carbonyl (C=O) groups is 3. The summed E-state index contributed by atoms with van der Waals surface area (Å²) in [6, 6.07) is 16.5. The van der Waals surface area contributed by atoms with Crippen LogP contribution in [0.15, 0.2) is 66.9 Å². The second-order valence-corrected chi connectivity index (χ2v) is 24.7. The lowest BCUT2D eigenvalue weighted by molar-refractivity contribution is -0.126. The Kier molecular flexibility index (Phi) is 19.8. The highest BCUT2D eigenvalue weighted by atomic mass is 35.5. The third-order valence-electron chi connectivity index (χ3n) is 16.7. The van der Waals surface area contributed by atoms with Crippen LogP contribution >= 0.6 is 11.6 Å². The molecule has 3 aromatic carbocycles. The van der Waals surface area contributed by atoms with E-state index < -0.39 is 47.7 Å². The largest absolute Gasteiger partial charge is 0.492 e. The number of H-pyrrole nitrogens is 1. The Balaban J connectivity index is 0.540. The number of alkyl carbamates (subject to hydrolysis) is 1. The van der Waals surface area contributed by atoms with Crippen molar-refractivity contribution in [1.82, 2.24) is 50.3 Å². The number of imidazole rings is 1. The minimum atomic E-state index is -0.774. The van der Waals surface area contributed by atoms with Crippen LogP contribution in [0.1, 0.15) is 45.6 Å². The minimum Gasteiger partial charge on any atom is -0.492 e. The molecule has 0 saturated carbocycles. The Hall–Kier alpha value is -8.33. The molecular weight excluding hydrogens is 1230 g/mol. The molecular formula is C65H72ClF2N11O14. The number of aromatic amines is 1. The van der Waals surface area contributed by atoms with Gasteiger partial charge in [-0.05, 0) is 82.4 Å². The standard InChI is InChI=1S/C65H72ClF2N11O14/c1-6-43-47(67)17-12-36-8-7-9-44(52(36)43)55-53(68)56-45(28-71-55)60(78-29-38-13-14-39(30-78)79(38)64(83)93-65(2,3)4)76-61(74-56)90-32-40-26-42(31-77(40)5)91-63(82)70-18-20-84-22-23-85-24-25-86-35-51(81)69-19-21-87-41-15-10-37(11-16-41)54-46(66)27-48-59(73-54)75-62(72-48)92-50-34-89-57-49(80)33-88-58(50)57/h1,7-12,15-17,27-28,38-40,42,49-50,57-58,80H,13-14,18-26,29-35H2,2-5H3,(H,69,81)(H,70,82)(H,72,73,75)/t38?,39?,40-,42+,49+,50+,57+,58+/m0/s1. The average Bonchev–Trinajstić information content (AvgIpc) is 1.77. The Labute approximate surface area is 538 Å². The number of piperazine rings is 1. The van der Waals surface area contributed by atoms with Crippen LogP contribution < -0.4 is 29.7 Å². The van der Waals surface area contributed by atoms with Crippen molar-refractivity contribution >= 4 is 68.4 Å². The number of rotatable bonds is 24. The molecule has 4 aromatic heterocycles. The third kappa shape index (κ3) is 14.9. The minimum absolute atomic E-state index is 0.0135. The summed E-state index contributed by atoms with van der Waals surface area (Å²) < 4.78 is 89.9. The number of aliphatic hydroxyl groups excluding tert-OH is 1. The monoisotopic (exact) mass is 1300 g/mol. The van der Waals surface area contributed by atoms with Gasteiger partial charge in [0.05, 0.1) is 92.1 Å². The molecule has 7 aromatic rings. The van der Waals surface area contributed by atoms with E-state index in [-0.39, 0.29) is 144 Å². The van der Waals surface area contributed by atoms with E-state index in [1.807, 2.05) is 49.8 Å². The van der Waals surface area contributed by atoms with Crippen molar-refractivity contribution in [2.24, 2.45) is 0 Å². The molecule has 5 saturated heterocycles. The first-order chi connectivity index (χ1) is 44.9. The predicted octanol–water partition coefficient (Wildman–Crippen LogP) is 6.61. The summed E-state index contributed by atoms with van der Waals surface area (Å²) in [4.78, 5) is 70.8. The molecule has 5 fully saturated rings. The van der Waals surface area contributed by atoms with E-state index in [2.05, 4.69) is 41.5 Å². The van der Waals surface area contributed by atoms with Crippen molar-refractivity contribution in [1.29, 1.82) is 0 Å². The van der Waals surface area contributed by atoms with Gasteiger partial charge in [-0.1, -0.05) is 41.8 Å². The Bertz CT molecular complexity index is 3900. The van der Waals surface area contributed by atoms with Crippen LogP contribution in [0.2, 0.25) is 5.02 Å². The third-order valence-corrected chi connectivity index (χ3v) is 17.0. The van der Waals surface area contributed by atoms with Crippen molar-refractivity contribution in [3.8, 4) is 52.6 Å². The van der Waals surface area contributed by atoms with Crippen LogP contribution in [-0.4, -0.2) is 223 Å². The van der Waals surface area contributed by atoms with Crippen molar-refractivity contribution < 1.29 is 75.6 Å². The number of halogens is 3. The molecule has 5 aliphatic rings. The van der Waals surface area contributed by atoms with Crippen molar-refractivity contribution in [2.75, 3.05) is 111 Å². The highest BCUT2D eigenvalue weighted by molar-refractivity contribution is 6.33. The Morgan fingerprint density at radius 2 is 1.61 bits per heavy atom. The molecule has 12 rings (SSSR count). The number of nitrogens with one attached hydrogen (secondary N) is 3. The van der Waals surface area contributed by atoms with E-state index in [4.69, 9.17) is 70.4 Å². The molecule has 0 spiro atoms. The number of fused-ring (bicyclic) bond motifs is 6. The molecule has 4 N–H and O–H groups in total. The van der Waals surface area contributed by atoms with Crippen LogP contribution in [-0.2, 0) is 38.0 Å². The number of pyridine rings is 2. The second-order valence-electron chi connectivity index (χ2n) is 24.3. The molecule has 0 aliphatic carbocycles. The molecule has 8 atom stereocenters. The average molecular weight is 1300 g/mol. The number of aromatic nitrogens is 6. The SMILES string of the molecule is C#Cc1c(F)ccc2cccc(-c3ncc4c(N5CC6CCC(C5)N6C(=O)OC(C)(C)C)nc(OC[C@@H]5C[C@@H](OC(=O)NCCOCCOCCOCC(=O)NCCOc6ccc(-c7nc8nc(O[C@@H]9CO[C@H]%10[C@@H]9OC[C@H]%10O)[nH]c8cc7Cl)cc6)CN5C)nc4c3F)c12. The number of hydrogen-bond acceptors (Lipinski definition) is 21. The molecule has 2 unspecified atom stereocenters. The fourth-order valence-corrected chi connectivity index (χ4v) is 12.6. The molecule has 2 bridgehead atoms. The van der Waals surface area contributed by atoms with Crippen LogP contribution in [0.4, 0.5) is 24.2 Å². The maximum atomic E-state index is 17.3. The fourth-order valence-electron chi connectivity index (χ4n) is 12.4. The molecule has 492 valence electrons. The summed E-state index contributed by atoms with van der Waals surface area (Å²) in [7, 11) is 1.88. The van der Waals surface area contributed by atoms with Crippen LogP contribution in [0.25, 0.3) is 55.4 Å². The van der Waals surface area contributed by atoms with Crippen LogP contribution in [0.5, 0.6) is 17.8 Å². The van der Waals surface area contributed by atoms with Crippen molar-refractivity contribution in [3.63, 3.8) is 0 Å². The molecule has 0 radical (unpaired) electrons. The Morgan fingerprint density at radius 3 is 2.39 bits per heavy atom. The number of carbonyl (C=O) groups excluding carboxylic acids is 3. The van der Waals surface area contributed by atoms with Gasteiger partial charge in [-0.25, -0.2) is 23.4 Å². The lowest BCUT2D eigenvalue weighted by atomic mass is 9.96. The van der Waals surface area contributed by atoms with E-state index in [0.29, 0.717) is 81.2 Å². The van der Waals surface area contributed by atoms with Gasteiger partial charge in [-0.15, -0.1) is 6.42 Å². The Morgan fingerprint density at radius 1 is 0.860 bits per heavy atom. The van der Waals surface area contributed by atoms with Gasteiger partial charge in [0.25, 0.3) is 6.01 Å². The van der Waals surface area contributed by atoms with E-state index in [1.165, 1.54) is 12.3 Å². The number of ether oxygens (including phenoxy) is 10. The first-order valence-corrected chi connectivity index (χ1v) is 31.3. The van der Waals surface area contributed by atoms with Gasteiger partial charge in [0.2, 0.25) is 5.91 Å². The normalized spacial score (nSPS) is 21.9. The number of terminal acetylenes is 1. The first kappa shape index (κ1) is 64.8. The number of nitrogens with zero attached hydrogens (tertiary/aromatic N) is 8. The number of hydrogen-bond donors (Lipinski definition) is 4. The maximum absolute atomic E-state index is 17.3. The molecule has 93 heavy (non-hydrogen) atoms. The van der Waals surface area contributed by atoms with Crippen molar-refractivity contribution in [2.45, 2.75) is 94.3 Å². The summed E-state index contributed by atoms with van der Waals surface area (Å²) in [5, 5.41) is 17.2. The maximum Gasteiger partial charge on any atom is 0.410 e.